The van der Waals surface area contributed by atoms with E-state index < -0.39 is 11.9 Å². The summed E-state index contributed by atoms with van der Waals surface area (Å²) in [6.07, 6.45) is 6.41. The van der Waals surface area contributed by atoms with Crippen molar-refractivity contribution in [1.29, 1.82) is 0 Å². The molecule has 1 unspecified atom stereocenters. The number of allylic oxidation sites excluding steroid dienone is 2. The molecule has 0 saturated carbocycles. The lowest BCUT2D eigenvalue weighted by molar-refractivity contribution is -0.392. The lowest BCUT2D eigenvalue weighted by atomic mass is 9.87. The minimum atomic E-state index is -0.913. The van der Waals surface area contributed by atoms with Gasteiger partial charge in [0.15, 0.2) is 0 Å². The summed E-state index contributed by atoms with van der Waals surface area (Å²) in [5.41, 5.74) is 7.17. The third kappa shape index (κ3) is 6.72. The molecular weight excluding hydrogens is 580 g/mol. The highest BCUT2D eigenvalue weighted by atomic mass is 32.1. The van der Waals surface area contributed by atoms with E-state index in [-0.39, 0.29) is 60.2 Å². The first kappa shape index (κ1) is 32.9. The molecule has 0 aliphatic carbocycles. The van der Waals surface area contributed by atoms with Gasteiger partial charge in [-0.3, -0.25) is 19.2 Å². The Kier molecular flexibility index (Phi) is 9.98. The van der Waals surface area contributed by atoms with Gasteiger partial charge in [0.05, 0.1) is 11.7 Å². The number of rotatable bonds is 13. The number of hydrogen-bond donors (Lipinski definition) is 6. The van der Waals surface area contributed by atoms with Gasteiger partial charge in [-0.15, -0.1) is 11.6 Å². The number of amides is 2. The van der Waals surface area contributed by atoms with Gasteiger partial charge in [0.1, 0.15) is 0 Å². The van der Waals surface area contributed by atoms with Gasteiger partial charge < -0.3 is 31.1 Å². The Labute approximate surface area is 263 Å². The van der Waals surface area contributed by atoms with E-state index in [0.29, 0.717) is 24.1 Å². The van der Waals surface area contributed by atoms with Crippen molar-refractivity contribution in [2.24, 2.45) is 11.8 Å². The van der Waals surface area contributed by atoms with E-state index in [9.17, 15) is 29.4 Å². The van der Waals surface area contributed by atoms with Gasteiger partial charge in [-0.1, -0.05) is 64.5 Å². The van der Waals surface area contributed by atoms with Crippen molar-refractivity contribution < 1.29 is 34.4 Å². The van der Waals surface area contributed by atoms with E-state index in [0.717, 1.165) is 45.3 Å². The number of aromatic nitrogens is 1. The average Bonchev–Trinajstić information content (AvgIpc) is 3.59. The Morgan fingerprint density at radius 3 is 2.41 bits per heavy atom. The number of carboxylic acids is 2. The Morgan fingerprint density at radius 1 is 1.16 bits per heavy atom. The molecule has 3 aliphatic heterocycles. The zero-order valence-electron chi connectivity index (χ0n) is 25.8. The number of aliphatic carboxylic acids is 2. The van der Waals surface area contributed by atoms with Crippen LogP contribution in [-0.4, -0.2) is 51.3 Å². The molecule has 0 bridgehead atoms. The van der Waals surface area contributed by atoms with Crippen LogP contribution in [0.15, 0.2) is 46.8 Å². The smallest absolute Gasteiger partial charge is 0.302 e. The van der Waals surface area contributed by atoms with Gasteiger partial charge in [0, 0.05) is 42.0 Å². The van der Waals surface area contributed by atoms with Crippen LogP contribution in [0.2, 0.25) is 0 Å². The standard InChI is InChI=1S/C33H42N4O6S/c1-7-20-15(2)25(36-33(20)43)12-23-16(3)21(8-10-29(38)39)26(34-23)14-27-22(9-11-30(40)41)17(4)24(35-27)13-28-31(19(6)44)18(5)32(42)37-28/h7,13-14,18-19,25,28,31,34-35,44H,1,8-12H2,2-6H3,(H,36,43)(H,37,42)(H,38,39)(H,40,41)/q-2/b24-13+/t18-,19-,25-,28?,31+/m1/s1. The number of hydrogen-bond acceptors (Lipinski definition) is 6. The van der Waals surface area contributed by atoms with Crippen LogP contribution >= 0.6 is 12.6 Å². The van der Waals surface area contributed by atoms with Crippen molar-refractivity contribution in [3.05, 3.63) is 81.7 Å². The minimum Gasteiger partial charge on any atom is -0.481 e. The van der Waals surface area contributed by atoms with Gasteiger partial charge in [-0.25, -0.2) is 5.57 Å². The molecule has 4 rings (SSSR count). The molecule has 0 aromatic carbocycles. The molecule has 0 radical (unpaired) electrons. The number of carbonyl (C=O) groups is 4. The average molecular weight is 623 g/mol. The van der Waals surface area contributed by atoms with Crippen LogP contribution in [0, 0.1) is 31.1 Å². The molecule has 11 heteroatoms. The number of nitrogens with one attached hydrogen (secondary N) is 4. The monoisotopic (exact) mass is 622 g/mol. The molecule has 10 nitrogen and oxygen atoms in total. The maximum absolute atomic E-state index is 12.5. The fourth-order valence-electron chi connectivity index (χ4n) is 6.57. The van der Waals surface area contributed by atoms with Crippen LogP contribution in [0.1, 0.15) is 69.5 Å². The van der Waals surface area contributed by atoms with Crippen LogP contribution in [0.25, 0.3) is 0 Å². The molecule has 3 aliphatic rings. The summed E-state index contributed by atoms with van der Waals surface area (Å²) < 4.78 is 0. The van der Waals surface area contributed by atoms with Gasteiger partial charge in [0.2, 0.25) is 5.91 Å². The zero-order chi connectivity index (χ0) is 32.5. The van der Waals surface area contributed by atoms with Gasteiger partial charge >= 0.3 is 11.9 Å². The molecular formula is C33H42N4O6S-2. The molecule has 6 N–H and O–H groups in total. The van der Waals surface area contributed by atoms with E-state index in [1.54, 1.807) is 6.08 Å². The Morgan fingerprint density at radius 2 is 1.82 bits per heavy atom. The number of H-pyrrole nitrogens is 1. The molecule has 5 atom stereocenters. The zero-order valence-corrected chi connectivity index (χ0v) is 26.7. The summed E-state index contributed by atoms with van der Waals surface area (Å²) in [4.78, 5) is 51.5. The first-order valence-corrected chi connectivity index (χ1v) is 15.4. The molecule has 1 aromatic rings. The molecule has 44 heavy (non-hydrogen) atoms. The number of thiol groups is 1. The lowest BCUT2D eigenvalue weighted by Crippen LogP contribution is -2.32. The molecule has 1 fully saturated rings. The Bertz CT molecular complexity index is 1470. The highest BCUT2D eigenvalue weighted by Crippen LogP contribution is 2.38. The van der Waals surface area contributed by atoms with Crippen molar-refractivity contribution in [2.45, 2.75) is 84.1 Å². The largest absolute Gasteiger partial charge is 0.481 e. The second-order valence-corrected chi connectivity index (χ2v) is 12.8. The topological polar surface area (TPSA) is 159 Å². The van der Waals surface area contributed by atoms with Gasteiger partial charge in [0.25, 0.3) is 5.91 Å². The third-order valence-corrected chi connectivity index (χ3v) is 9.51. The maximum atomic E-state index is 12.5. The number of aromatic amines is 1. The second kappa shape index (κ2) is 13.3. The van der Waals surface area contributed by atoms with Gasteiger partial charge in [-0.2, -0.15) is 30.7 Å². The summed E-state index contributed by atoms with van der Waals surface area (Å²) in [7, 11) is 0. The van der Waals surface area contributed by atoms with Crippen LogP contribution in [0.4, 0.5) is 0 Å². The van der Waals surface area contributed by atoms with E-state index in [1.165, 1.54) is 0 Å². The highest BCUT2D eigenvalue weighted by Gasteiger charge is 2.39. The van der Waals surface area contributed by atoms with Crippen LogP contribution < -0.4 is 20.9 Å². The number of carboxylic acid groups (broad SMARTS) is 2. The minimum absolute atomic E-state index is 0.0186. The predicted molar refractivity (Wildman–Crippen MR) is 168 cm³/mol. The van der Waals surface area contributed by atoms with Crippen molar-refractivity contribution in [3.63, 3.8) is 0 Å². The van der Waals surface area contributed by atoms with E-state index >= 15 is 0 Å². The van der Waals surface area contributed by atoms with Crippen molar-refractivity contribution in [2.75, 3.05) is 0 Å². The van der Waals surface area contributed by atoms with Crippen LogP contribution in [-0.2, 0) is 32.0 Å². The molecule has 4 heterocycles. The van der Waals surface area contributed by atoms with Gasteiger partial charge in [-0.05, 0) is 24.1 Å². The molecule has 0 spiro atoms. The molecule has 238 valence electrons. The normalized spacial score (nSPS) is 25.0. The summed E-state index contributed by atoms with van der Waals surface area (Å²) in [5.74, 6) is -1.34. The highest BCUT2D eigenvalue weighted by molar-refractivity contribution is 7.80. The van der Waals surface area contributed by atoms with Crippen LogP contribution in [0.3, 0.4) is 0 Å². The summed E-state index contributed by atoms with van der Waals surface area (Å²) in [6, 6.07) is -0.467. The lowest BCUT2D eigenvalue weighted by Gasteiger charge is -2.28. The van der Waals surface area contributed by atoms with E-state index in [4.69, 9.17) is 0 Å². The fourth-order valence-corrected chi connectivity index (χ4v) is 7.01. The van der Waals surface area contributed by atoms with E-state index in [2.05, 4.69) is 40.1 Å². The van der Waals surface area contributed by atoms with Crippen LogP contribution in [0.5, 0.6) is 0 Å². The molecule has 1 saturated heterocycles. The summed E-state index contributed by atoms with van der Waals surface area (Å²) in [5, 5.41) is 28.4. The second-order valence-electron chi connectivity index (χ2n) is 11.9. The predicted octanol–water partition coefficient (Wildman–Crippen LogP) is 2.91. The van der Waals surface area contributed by atoms with E-state index in [1.807, 2.05) is 47.1 Å². The number of carbonyl (C=O) groups excluding carboxylic acids is 2. The summed E-state index contributed by atoms with van der Waals surface area (Å²) >= 11 is 4.64. The van der Waals surface area contributed by atoms with Crippen molar-refractivity contribution in [1.82, 2.24) is 16.0 Å². The van der Waals surface area contributed by atoms with Crippen molar-refractivity contribution >= 4 is 36.4 Å². The quantitative estimate of drug-likeness (QED) is 0.146. The first-order chi connectivity index (χ1) is 20.7. The molecule has 1 aromatic heterocycles. The fraction of sp³-hybridized carbons (Fsp3) is 0.455. The summed E-state index contributed by atoms with van der Waals surface area (Å²) in [6.45, 7) is 13.4. The Hall–Kier alpha value is -3.99. The Balaban J connectivity index is 1.68. The SMILES string of the molecule is C=CC1=C(C)[C@@H](C[c-]2[nH+]c([CH-]C3=C(CCC(=O)O)[C-](C)/C(=C\C4NC(=O)[C@H](C)[C@H]4[C@@H](C)S)N3)c(CCC(=O)O)c2C)NC1=O. The van der Waals surface area contributed by atoms with Crippen molar-refractivity contribution in [3.8, 4) is 0 Å². The maximum Gasteiger partial charge on any atom is 0.302 e. The molecule has 2 amide bonds. The first-order valence-electron chi connectivity index (χ1n) is 14.9. The third-order valence-electron chi connectivity index (χ3n) is 9.16.